The Bertz CT molecular complexity index is 496. The lowest BCUT2D eigenvalue weighted by Crippen LogP contribution is -2.38. The molecule has 0 saturated carbocycles. The van der Waals surface area contributed by atoms with E-state index in [-0.39, 0.29) is 0 Å². The van der Waals surface area contributed by atoms with E-state index in [0.717, 1.165) is 24.0 Å². The highest BCUT2D eigenvalue weighted by atomic mass is 32.1. The molecular weight excluding hydrogens is 256 g/mol. The highest BCUT2D eigenvalue weighted by Gasteiger charge is 2.08. The fourth-order valence-corrected chi connectivity index (χ4v) is 2.08. The number of thiocarbonyl (C=S) groups is 1. The van der Waals surface area contributed by atoms with Gasteiger partial charge in [0, 0.05) is 13.1 Å². The van der Waals surface area contributed by atoms with Gasteiger partial charge in [-0.1, -0.05) is 30.3 Å². The van der Waals surface area contributed by atoms with E-state index in [1.165, 1.54) is 5.56 Å². The summed E-state index contributed by atoms with van der Waals surface area (Å²) in [7, 11) is 0. The average Bonchev–Trinajstić information content (AvgIpc) is 2.96. The summed E-state index contributed by atoms with van der Waals surface area (Å²) in [6.07, 6.45) is 1.67. The number of hydrogen-bond donors (Lipinski definition) is 1. The zero-order valence-corrected chi connectivity index (χ0v) is 11.8. The molecule has 19 heavy (non-hydrogen) atoms. The molecule has 1 aromatic heterocycles. The second kappa shape index (κ2) is 6.95. The molecule has 0 spiro atoms. The van der Waals surface area contributed by atoms with Crippen molar-refractivity contribution < 1.29 is 4.42 Å². The van der Waals surface area contributed by atoms with Gasteiger partial charge in [0.25, 0.3) is 0 Å². The molecule has 0 saturated heterocycles. The summed E-state index contributed by atoms with van der Waals surface area (Å²) in [6.45, 7) is 4.42. The number of nitrogens with zero attached hydrogens (tertiary/aromatic N) is 1. The topological polar surface area (TPSA) is 28.4 Å². The lowest BCUT2D eigenvalue weighted by molar-refractivity contribution is 0.420. The fourth-order valence-electron chi connectivity index (χ4n) is 1.82. The first kappa shape index (κ1) is 13.6. The first-order valence-corrected chi connectivity index (χ1v) is 6.79. The van der Waals surface area contributed by atoms with Crippen LogP contribution in [0.1, 0.15) is 18.2 Å². The summed E-state index contributed by atoms with van der Waals surface area (Å²) in [5.41, 5.74) is 1.26. The number of furan rings is 1. The van der Waals surface area contributed by atoms with Crippen molar-refractivity contribution in [2.24, 2.45) is 0 Å². The Labute approximate surface area is 119 Å². The Balaban J connectivity index is 1.88. The quantitative estimate of drug-likeness (QED) is 0.848. The van der Waals surface area contributed by atoms with E-state index in [0.29, 0.717) is 6.54 Å². The normalized spacial score (nSPS) is 10.2. The molecule has 4 heteroatoms. The van der Waals surface area contributed by atoms with Crippen LogP contribution >= 0.6 is 12.2 Å². The second-order valence-corrected chi connectivity index (χ2v) is 4.62. The molecule has 0 atom stereocenters. The molecule has 3 nitrogen and oxygen atoms in total. The zero-order chi connectivity index (χ0) is 13.5. The third-order valence-electron chi connectivity index (χ3n) is 2.88. The van der Waals surface area contributed by atoms with Crippen LogP contribution < -0.4 is 5.32 Å². The minimum atomic E-state index is 0.622. The molecule has 1 N–H and O–H groups in total. The van der Waals surface area contributed by atoms with Crippen LogP contribution in [0.5, 0.6) is 0 Å². The van der Waals surface area contributed by atoms with Crippen molar-refractivity contribution in [2.75, 3.05) is 6.54 Å². The van der Waals surface area contributed by atoms with Gasteiger partial charge in [-0.25, -0.2) is 0 Å². The van der Waals surface area contributed by atoms with Crippen molar-refractivity contribution in [2.45, 2.75) is 20.0 Å². The molecule has 100 valence electrons. The Hall–Kier alpha value is -1.81. The summed E-state index contributed by atoms with van der Waals surface area (Å²) in [4.78, 5) is 2.13. The van der Waals surface area contributed by atoms with Gasteiger partial charge in [-0.05, 0) is 36.8 Å². The lowest BCUT2D eigenvalue weighted by atomic mass is 10.2. The van der Waals surface area contributed by atoms with Gasteiger partial charge in [0.2, 0.25) is 0 Å². The molecule has 0 amide bonds. The SMILES string of the molecule is CCN(Cc1ccccc1)C(=S)NCc1ccco1. The van der Waals surface area contributed by atoms with Crippen LogP contribution in [0.3, 0.4) is 0 Å². The number of nitrogens with one attached hydrogen (secondary N) is 1. The number of hydrogen-bond acceptors (Lipinski definition) is 2. The van der Waals surface area contributed by atoms with Crippen LogP contribution in [0.15, 0.2) is 53.1 Å². The van der Waals surface area contributed by atoms with Crippen molar-refractivity contribution in [3.05, 3.63) is 60.1 Å². The Morgan fingerprint density at radius 1 is 1.21 bits per heavy atom. The van der Waals surface area contributed by atoms with Crippen molar-refractivity contribution in [3.63, 3.8) is 0 Å². The molecule has 0 aliphatic heterocycles. The first-order valence-electron chi connectivity index (χ1n) is 6.38. The van der Waals surface area contributed by atoms with Crippen molar-refractivity contribution >= 4 is 17.3 Å². The van der Waals surface area contributed by atoms with Gasteiger partial charge in [0.15, 0.2) is 5.11 Å². The van der Waals surface area contributed by atoms with Crippen molar-refractivity contribution in [3.8, 4) is 0 Å². The average molecular weight is 274 g/mol. The van der Waals surface area contributed by atoms with Gasteiger partial charge in [0.05, 0.1) is 12.8 Å². The minimum Gasteiger partial charge on any atom is -0.467 e. The molecule has 2 rings (SSSR count). The highest BCUT2D eigenvalue weighted by Crippen LogP contribution is 2.05. The van der Waals surface area contributed by atoms with Gasteiger partial charge < -0.3 is 14.6 Å². The van der Waals surface area contributed by atoms with E-state index in [1.807, 2.05) is 30.3 Å². The summed E-state index contributed by atoms with van der Waals surface area (Å²) in [5, 5.41) is 3.97. The van der Waals surface area contributed by atoms with Crippen LogP contribution in [0.4, 0.5) is 0 Å². The molecule has 0 bridgehead atoms. The maximum absolute atomic E-state index is 5.42. The van der Waals surface area contributed by atoms with Gasteiger partial charge in [-0.2, -0.15) is 0 Å². The van der Waals surface area contributed by atoms with Crippen LogP contribution in [-0.2, 0) is 13.1 Å². The van der Waals surface area contributed by atoms with Crippen LogP contribution in [-0.4, -0.2) is 16.6 Å². The van der Waals surface area contributed by atoms with E-state index in [4.69, 9.17) is 16.6 Å². The molecule has 0 radical (unpaired) electrons. The smallest absolute Gasteiger partial charge is 0.169 e. The van der Waals surface area contributed by atoms with Crippen LogP contribution in [0, 0.1) is 0 Å². The maximum Gasteiger partial charge on any atom is 0.169 e. The molecular formula is C15H18N2OS. The Morgan fingerprint density at radius 2 is 2.00 bits per heavy atom. The minimum absolute atomic E-state index is 0.622. The molecule has 0 aliphatic rings. The van der Waals surface area contributed by atoms with E-state index >= 15 is 0 Å². The molecule has 0 aliphatic carbocycles. The molecule has 0 unspecified atom stereocenters. The Kier molecular flexibility index (Phi) is 4.98. The Morgan fingerprint density at radius 3 is 2.63 bits per heavy atom. The van der Waals surface area contributed by atoms with E-state index < -0.39 is 0 Å². The van der Waals surface area contributed by atoms with Crippen LogP contribution in [0.2, 0.25) is 0 Å². The monoisotopic (exact) mass is 274 g/mol. The molecule has 0 fully saturated rings. The van der Waals surface area contributed by atoms with Crippen LogP contribution in [0.25, 0.3) is 0 Å². The largest absolute Gasteiger partial charge is 0.467 e. The summed E-state index contributed by atoms with van der Waals surface area (Å²) >= 11 is 5.42. The molecule has 2 aromatic rings. The summed E-state index contributed by atoms with van der Waals surface area (Å²) < 4.78 is 5.27. The van der Waals surface area contributed by atoms with E-state index in [1.54, 1.807) is 6.26 Å². The van der Waals surface area contributed by atoms with Gasteiger partial charge in [-0.15, -0.1) is 0 Å². The van der Waals surface area contributed by atoms with Crippen molar-refractivity contribution in [1.29, 1.82) is 0 Å². The van der Waals surface area contributed by atoms with Gasteiger partial charge in [-0.3, -0.25) is 0 Å². The highest BCUT2D eigenvalue weighted by molar-refractivity contribution is 7.80. The van der Waals surface area contributed by atoms with E-state index in [2.05, 4.69) is 29.3 Å². The first-order chi connectivity index (χ1) is 9.29. The maximum atomic E-state index is 5.42. The number of benzene rings is 1. The van der Waals surface area contributed by atoms with Gasteiger partial charge in [0.1, 0.15) is 5.76 Å². The zero-order valence-electron chi connectivity index (χ0n) is 11.0. The lowest BCUT2D eigenvalue weighted by Gasteiger charge is -2.24. The molecule has 1 aromatic carbocycles. The predicted octanol–water partition coefficient (Wildman–Crippen LogP) is 3.18. The molecule has 1 heterocycles. The van der Waals surface area contributed by atoms with Crippen molar-refractivity contribution in [1.82, 2.24) is 10.2 Å². The van der Waals surface area contributed by atoms with E-state index in [9.17, 15) is 0 Å². The second-order valence-electron chi connectivity index (χ2n) is 4.24. The summed E-state index contributed by atoms with van der Waals surface area (Å²) in [5.74, 6) is 0.887. The third-order valence-corrected chi connectivity index (χ3v) is 3.28. The fraction of sp³-hybridized carbons (Fsp3) is 0.267. The summed E-state index contributed by atoms with van der Waals surface area (Å²) in [6, 6.07) is 14.1. The third kappa shape index (κ3) is 4.10. The number of rotatable bonds is 5. The predicted molar refractivity (Wildman–Crippen MR) is 80.7 cm³/mol. The standard InChI is InChI=1S/C15H18N2OS/c1-2-17(12-13-7-4-3-5-8-13)15(19)16-11-14-9-6-10-18-14/h3-10H,2,11-12H2,1H3,(H,16,19). The van der Waals surface area contributed by atoms with Gasteiger partial charge >= 0.3 is 0 Å².